The average Bonchev–Trinajstić information content (AvgIpc) is 3.34. The predicted molar refractivity (Wildman–Crippen MR) is 113 cm³/mol. The minimum absolute atomic E-state index is 0.173. The van der Waals surface area contributed by atoms with Crippen molar-refractivity contribution in [1.82, 2.24) is 4.90 Å². The number of nitrogens with zero attached hydrogens (tertiary/aromatic N) is 1. The summed E-state index contributed by atoms with van der Waals surface area (Å²) >= 11 is 0. The fraction of sp³-hybridized carbons (Fsp3) is 0.792. The van der Waals surface area contributed by atoms with E-state index in [1.807, 2.05) is 20.2 Å². The second-order valence-electron chi connectivity index (χ2n) is 9.57. The first kappa shape index (κ1) is 21.6. The highest BCUT2D eigenvalue weighted by Gasteiger charge is 2.43. The third-order valence-corrected chi connectivity index (χ3v) is 7.19. The summed E-state index contributed by atoms with van der Waals surface area (Å²) in [5.41, 5.74) is 1.50. The normalized spacial score (nSPS) is 31.4. The third kappa shape index (κ3) is 5.70. The molecule has 28 heavy (non-hydrogen) atoms. The number of hydrogen-bond donors (Lipinski definition) is 2. The first-order chi connectivity index (χ1) is 13.4. The highest BCUT2D eigenvalue weighted by atomic mass is 16.3. The number of unbranched alkanes of at least 4 members (excludes halogenated alkanes) is 1. The van der Waals surface area contributed by atoms with Gasteiger partial charge in [-0.05, 0) is 56.3 Å². The Labute approximate surface area is 170 Å². The van der Waals surface area contributed by atoms with Gasteiger partial charge in [-0.15, -0.1) is 0 Å². The maximum Gasteiger partial charge on any atom is 0.222 e. The summed E-state index contributed by atoms with van der Waals surface area (Å²) in [4.78, 5) is 13.3. The van der Waals surface area contributed by atoms with Gasteiger partial charge in [0.2, 0.25) is 5.91 Å². The van der Waals surface area contributed by atoms with Crippen molar-refractivity contribution in [3.05, 3.63) is 23.8 Å². The zero-order valence-corrected chi connectivity index (χ0v) is 17.7. The molecule has 3 rings (SSSR count). The van der Waals surface area contributed by atoms with E-state index >= 15 is 0 Å². The molecule has 0 spiro atoms. The Morgan fingerprint density at radius 1 is 1.29 bits per heavy atom. The minimum Gasteiger partial charge on any atom is -0.392 e. The molecule has 0 radical (unpaired) electrons. The summed E-state index contributed by atoms with van der Waals surface area (Å²) in [6.45, 7) is 0. The Bertz CT molecular complexity index is 576. The molecule has 2 fully saturated rings. The lowest BCUT2D eigenvalue weighted by Crippen LogP contribution is -2.21. The first-order valence-electron chi connectivity index (χ1n) is 11.4. The van der Waals surface area contributed by atoms with E-state index in [0.29, 0.717) is 24.2 Å². The van der Waals surface area contributed by atoms with Gasteiger partial charge in [-0.3, -0.25) is 4.79 Å². The topological polar surface area (TPSA) is 60.8 Å². The van der Waals surface area contributed by atoms with E-state index in [4.69, 9.17) is 0 Å². The van der Waals surface area contributed by atoms with E-state index in [9.17, 15) is 15.0 Å². The molecule has 0 unspecified atom stereocenters. The summed E-state index contributed by atoms with van der Waals surface area (Å²) < 4.78 is 0. The lowest BCUT2D eigenvalue weighted by atomic mass is 9.88. The molecule has 5 atom stereocenters. The number of carbonyl (C=O) groups excluding carboxylic acids is 1. The van der Waals surface area contributed by atoms with Crippen LogP contribution in [0.5, 0.6) is 0 Å². The largest absolute Gasteiger partial charge is 0.392 e. The van der Waals surface area contributed by atoms with Crippen LogP contribution >= 0.6 is 0 Å². The number of fused-ring (bicyclic) bond motifs is 1. The van der Waals surface area contributed by atoms with Gasteiger partial charge in [0.15, 0.2) is 0 Å². The van der Waals surface area contributed by atoms with E-state index < -0.39 is 0 Å². The van der Waals surface area contributed by atoms with Gasteiger partial charge in [0.1, 0.15) is 0 Å². The molecule has 2 saturated carbocycles. The van der Waals surface area contributed by atoms with Gasteiger partial charge in [0.25, 0.3) is 0 Å². The molecular weight excluding hydrogens is 350 g/mol. The number of amides is 1. The van der Waals surface area contributed by atoms with Crippen molar-refractivity contribution in [1.29, 1.82) is 0 Å². The Balaban J connectivity index is 1.43. The molecule has 0 saturated heterocycles. The van der Waals surface area contributed by atoms with E-state index in [0.717, 1.165) is 38.5 Å². The monoisotopic (exact) mass is 389 g/mol. The Kier molecular flexibility index (Phi) is 7.76. The maximum atomic E-state index is 11.7. The molecule has 3 aliphatic rings. The smallest absolute Gasteiger partial charge is 0.222 e. The highest BCUT2D eigenvalue weighted by molar-refractivity contribution is 5.75. The quantitative estimate of drug-likeness (QED) is 0.461. The second kappa shape index (κ2) is 10.1. The van der Waals surface area contributed by atoms with Gasteiger partial charge in [-0.1, -0.05) is 49.5 Å². The van der Waals surface area contributed by atoms with Gasteiger partial charge in [0, 0.05) is 26.4 Å². The number of allylic oxidation sites excluding steroid dienone is 2. The summed E-state index contributed by atoms with van der Waals surface area (Å²) in [5.74, 6) is 2.03. The van der Waals surface area contributed by atoms with Crippen LogP contribution in [0.1, 0.15) is 70.6 Å². The van der Waals surface area contributed by atoms with Crippen molar-refractivity contribution in [2.75, 3.05) is 14.1 Å². The van der Waals surface area contributed by atoms with Crippen LogP contribution in [0.25, 0.3) is 0 Å². The summed E-state index contributed by atoms with van der Waals surface area (Å²) in [7, 11) is 3.62. The molecule has 4 nitrogen and oxygen atoms in total. The molecule has 0 aromatic heterocycles. The molecule has 1 amide bonds. The van der Waals surface area contributed by atoms with E-state index in [-0.39, 0.29) is 24.0 Å². The molecule has 0 heterocycles. The van der Waals surface area contributed by atoms with Crippen LogP contribution in [0.2, 0.25) is 0 Å². The number of aliphatic hydroxyl groups excluding tert-OH is 2. The first-order valence-corrected chi connectivity index (χ1v) is 11.4. The van der Waals surface area contributed by atoms with Gasteiger partial charge >= 0.3 is 0 Å². The van der Waals surface area contributed by atoms with Crippen molar-refractivity contribution in [2.45, 2.75) is 82.8 Å². The molecule has 4 heteroatoms. The molecule has 0 aromatic carbocycles. The molecule has 158 valence electrons. The standard InChI is InChI=1S/C24H39NO3/c1-25(2)24(28)10-6-5-9-18-13-19-16-23(27)21(22(19)15-18)12-11-20(26)14-17-7-3-4-8-17/h11-13,17,19-23,26-27H,3-10,14-16H2,1-2H3/t19-,20+,21+,22-,23+/m0/s1. The SMILES string of the molecule is CN(C)C(=O)CCCCC1=C[C@H]2C[C@@H](O)[C@H](C=C[C@@H](O)CC3CCCC3)[C@H]2C1. The van der Waals surface area contributed by atoms with E-state index in [1.54, 1.807) is 4.90 Å². The van der Waals surface area contributed by atoms with Gasteiger partial charge in [0.05, 0.1) is 12.2 Å². The van der Waals surface area contributed by atoms with Crippen LogP contribution in [-0.2, 0) is 4.79 Å². The molecule has 2 N–H and O–H groups in total. The second-order valence-corrected chi connectivity index (χ2v) is 9.57. The zero-order valence-electron chi connectivity index (χ0n) is 17.7. The number of hydrogen-bond acceptors (Lipinski definition) is 3. The number of aliphatic hydroxyl groups is 2. The summed E-state index contributed by atoms with van der Waals surface area (Å²) in [6.07, 6.45) is 17.5. The Hall–Kier alpha value is -1.13. The van der Waals surface area contributed by atoms with Crippen LogP contribution in [0.4, 0.5) is 0 Å². The fourth-order valence-electron chi connectivity index (χ4n) is 5.57. The highest BCUT2D eigenvalue weighted by Crippen LogP contribution is 2.48. The lowest BCUT2D eigenvalue weighted by molar-refractivity contribution is -0.128. The Morgan fingerprint density at radius 3 is 2.75 bits per heavy atom. The minimum atomic E-state index is -0.364. The van der Waals surface area contributed by atoms with Crippen LogP contribution in [0, 0.1) is 23.7 Å². The van der Waals surface area contributed by atoms with Crippen LogP contribution in [0.3, 0.4) is 0 Å². The molecular formula is C24H39NO3. The average molecular weight is 390 g/mol. The van der Waals surface area contributed by atoms with Gasteiger partial charge < -0.3 is 15.1 Å². The van der Waals surface area contributed by atoms with E-state index in [1.165, 1.54) is 31.3 Å². The van der Waals surface area contributed by atoms with Crippen molar-refractivity contribution in [3.8, 4) is 0 Å². The summed E-state index contributed by atoms with van der Waals surface area (Å²) in [6, 6.07) is 0. The fourth-order valence-corrected chi connectivity index (χ4v) is 5.57. The maximum absolute atomic E-state index is 11.7. The van der Waals surface area contributed by atoms with Crippen molar-refractivity contribution < 1.29 is 15.0 Å². The Morgan fingerprint density at radius 2 is 2.04 bits per heavy atom. The van der Waals surface area contributed by atoms with Gasteiger partial charge in [-0.25, -0.2) is 0 Å². The number of rotatable bonds is 9. The molecule has 0 aromatic rings. The van der Waals surface area contributed by atoms with E-state index in [2.05, 4.69) is 12.2 Å². The predicted octanol–water partition coefficient (Wildman–Crippen LogP) is 4.08. The molecule has 0 aliphatic heterocycles. The van der Waals surface area contributed by atoms with Crippen LogP contribution in [-0.4, -0.2) is 47.3 Å². The van der Waals surface area contributed by atoms with Gasteiger partial charge in [-0.2, -0.15) is 0 Å². The van der Waals surface area contributed by atoms with Crippen molar-refractivity contribution in [2.24, 2.45) is 23.7 Å². The summed E-state index contributed by atoms with van der Waals surface area (Å²) in [5, 5.41) is 20.9. The molecule has 3 aliphatic carbocycles. The van der Waals surface area contributed by atoms with Crippen LogP contribution in [0.15, 0.2) is 23.8 Å². The third-order valence-electron chi connectivity index (χ3n) is 7.19. The lowest BCUT2D eigenvalue weighted by Gasteiger charge is -2.19. The number of carbonyl (C=O) groups is 1. The van der Waals surface area contributed by atoms with Crippen molar-refractivity contribution in [3.63, 3.8) is 0 Å². The molecule has 0 bridgehead atoms. The van der Waals surface area contributed by atoms with Crippen molar-refractivity contribution >= 4 is 5.91 Å². The van der Waals surface area contributed by atoms with Crippen LogP contribution < -0.4 is 0 Å². The zero-order chi connectivity index (χ0) is 20.1.